The van der Waals surface area contributed by atoms with Crippen LogP contribution in [0.15, 0.2) is 73.2 Å². The summed E-state index contributed by atoms with van der Waals surface area (Å²) in [6.45, 7) is 0.464. The quantitative estimate of drug-likeness (QED) is 0.588. The number of nitrogens with two attached hydrogens (primary N) is 1. The van der Waals surface area contributed by atoms with Crippen LogP contribution in [0.3, 0.4) is 0 Å². The van der Waals surface area contributed by atoms with Crippen LogP contribution in [0, 0.1) is 0 Å². The Morgan fingerprint density at radius 2 is 1.86 bits per heavy atom. The molecule has 1 amide bonds. The molecule has 0 saturated carbocycles. The minimum Gasteiger partial charge on any atom is -0.368 e. The number of carbonyl (C=O) groups is 1. The molecule has 0 radical (unpaired) electrons. The maximum absolute atomic E-state index is 13.1. The summed E-state index contributed by atoms with van der Waals surface area (Å²) in [7, 11) is 0. The van der Waals surface area contributed by atoms with Crippen LogP contribution in [0.2, 0.25) is 0 Å². The molecule has 1 aliphatic rings. The van der Waals surface area contributed by atoms with E-state index in [1.165, 1.54) is 0 Å². The Balaban J connectivity index is 1.52. The normalized spacial score (nSPS) is 13.0. The van der Waals surface area contributed by atoms with E-state index in [-0.39, 0.29) is 18.3 Å². The number of nitrogens with zero attached hydrogens (tertiary/aromatic N) is 5. The van der Waals surface area contributed by atoms with Crippen molar-refractivity contribution in [1.29, 1.82) is 0 Å². The van der Waals surface area contributed by atoms with Gasteiger partial charge in [0.2, 0.25) is 11.9 Å². The zero-order valence-corrected chi connectivity index (χ0v) is 15.6. The predicted octanol–water partition coefficient (Wildman–Crippen LogP) is 3.00. The number of nitrogen functional groups attached to an aromatic ring is 1. The van der Waals surface area contributed by atoms with Gasteiger partial charge in [-0.3, -0.25) is 4.79 Å². The zero-order valence-electron chi connectivity index (χ0n) is 15.6. The third-order valence-corrected chi connectivity index (χ3v) is 5.02. The van der Waals surface area contributed by atoms with Crippen molar-refractivity contribution in [1.82, 2.24) is 19.7 Å². The van der Waals surface area contributed by atoms with Crippen molar-refractivity contribution in [3.8, 4) is 16.9 Å². The molecule has 0 atom stereocenters. The lowest BCUT2D eigenvalue weighted by Gasteiger charge is -2.23. The first-order valence-corrected chi connectivity index (χ1v) is 9.29. The molecule has 7 nitrogen and oxygen atoms in total. The van der Waals surface area contributed by atoms with Crippen molar-refractivity contribution in [2.45, 2.75) is 13.0 Å². The maximum atomic E-state index is 13.1. The van der Waals surface area contributed by atoms with E-state index in [0.29, 0.717) is 6.54 Å². The van der Waals surface area contributed by atoms with Crippen LogP contribution in [-0.2, 0) is 17.8 Å². The van der Waals surface area contributed by atoms with E-state index < -0.39 is 0 Å². The minimum atomic E-state index is 0.000671. The van der Waals surface area contributed by atoms with Gasteiger partial charge < -0.3 is 10.6 Å². The van der Waals surface area contributed by atoms with E-state index in [4.69, 9.17) is 5.73 Å². The summed E-state index contributed by atoms with van der Waals surface area (Å²) < 4.78 is 1.80. The number of hydrogen-bond acceptors (Lipinski definition) is 5. The minimum absolute atomic E-state index is 0.000671. The second-order valence-electron chi connectivity index (χ2n) is 6.89. The first kappa shape index (κ1) is 17.1. The molecule has 1 aliphatic heterocycles. The Kier molecular flexibility index (Phi) is 4.05. The Morgan fingerprint density at radius 3 is 2.66 bits per heavy atom. The van der Waals surface area contributed by atoms with Crippen LogP contribution in [0.1, 0.15) is 11.1 Å². The first-order chi connectivity index (χ1) is 14.2. The van der Waals surface area contributed by atoms with Gasteiger partial charge in [0.05, 0.1) is 30.0 Å². The molecule has 2 aromatic carbocycles. The summed E-state index contributed by atoms with van der Waals surface area (Å²) in [6.07, 6.45) is 5.52. The van der Waals surface area contributed by atoms with Gasteiger partial charge in [0.25, 0.3) is 0 Å². The maximum Gasteiger partial charge on any atom is 0.231 e. The topological polar surface area (TPSA) is 89.9 Å². The zero-order chi connectivity index (χ0) is 19.8. The van der Waals surface area contributed by atoms with Crippen molar-refractivity contribution < 1.29 is 4.79 Å². The van der Waals surface area contributed by atoms with Gasteiger partial charge in [-0.25, -0.2) is 14.6 Å². The summed E-state index contributed by atoms with van der Waals surface area (Å²) in [6, 6.07) is 17.7. The average Bonchev–Trinajstić information content (AvgIpc) is 3.25. The van der Waals surface area contributed by atoms with E-state index >= 15 is 0 Å². The number of hydrogen-bond donors (Lipinski definition) is 1. The highest BCUT2D eigenvalue weighted by molar-refractivity contribution is 6.01. The molecule has 0 spiro atoms. The van der Waals surface area contributed by atoms with Crippen LogP contribution in [0.25, 0.3) is 16.9 Å². The summed E-state index contributed by atoms with van der Waals surface area (Å²) in [5, 5.41) is 4.25. The molecule has 0 aliphatic carbocycles. The first-order valence-electron chi connectivity index (χ1n) is 9.29. The van der Waals surface area contributed by atoms with E-state index in [0.717, 1.165) is 33.8 Å². The third kappa shape index (κ3) is 3.12. The van der Waals surface area contributed by atoms with E-state index in [2.05, 4.69) is 15.1 Å². The van der Waals surface area contributed by atoms with Crippen molar-refractivity contribution in [2.24, 2.45) is 0 Å². The molecule has 0 unspecified atom stereocenters. The van der Waals surface area contributed by atoms with Gasteiger partial charge in [0, 0.05) is 29.7 Å². The third-order valence-electron chi connectivity index (χ3n) is 5.02. The molecule has 5 rings (SSSR count). The Labute approximate surface area is 167 Å². The summed E-state index contributed by atoms with van der Waals surface area (Å²) >= 11 is 0. The molecule has 0 saturated heterocycles. The molecule has 2 aromatic heterocycles. The van der Waals surface area contributed by atoms with Crippen molar-refractivity contribution in [2.75, 3.05) is 10.6 Å². The summed E-state index contributed by atoms with van der Waals surface area (Å²) in [5.41, 5.74) is 11.0. The fourth-order valence-electron chi connectivity index (χ4n) is 3.62. The van der Waals surface area contributed by atoms with Gasteiger partial charge in [0.15, 0.2) is 0 Å². The van der Waals surface area contributed by atoms with Gasteiger partial charge in [-0.15, -0.1) is 0 Å². The highest BCUT2D eigenvalue weighted by atomic mass is 16.2. The molecule has 142 valence electrons. The van der Waals surface area contributed by atoms with Crippen LogP contribution in [-0.4, -0.2) is 25.7 Å². The van der Waals surface area contributed by atoms with Gasteiger partial charge in [0.1, 0.15) is 0 Å². The van der Waals surface area contributed by atoms with Gasteiger partial charge in [-0.05, 0) is 29.8 Å². The lowest BCUT2D eigenvalue weighted by Crippen LogP contribution is -2.31. The van der Waals surface area contributed by atoms with Crippen molar-refractivity contribution in [3.05, 3.63) is 84.3 Å². The molecule has 7 heteroatoms. The van der Waals surface area contributed by atoms with Crippen molar-refractivity contribution in [3.63, 3.8) is 0 Å². The molecule has 2 N–H and O–H groups in total. The Morgan fingerprint density at radius 1 is 1.03 bits per heavy atom. The molecular formula is C22H18N6O. The van der Waals surface area contributed by atoms with Gasteiger partial charge >= 0.3 is 0 Å². The lowest BCUT2D eigenvalue weighted by atomic mass is 10.1. The number of para-hydroxylation sites is 1. The Hall–Kier alpha value is -4.00. The fourth-order valence-corrected chi connectivity index (χ4v) is 3.62. The SMILES string of the molecule is Nc1ncc2c(n1)-c1ccccc1N(Cc1ccc(-n3cccn3)cc1)C(=O)C2. The molecule has 0 bridgehead atoms. The number of anilines is 2. The standard InChI is InChI=1S/C22H18N6O/c23-22-24-13-16-12-20(29)27(19-5-2-1-4-18(19)21(16)26-22)14-15-6-8-17(9-7-15)28-11-3-10-25-28/h1-11,13H,12,14H2,(H2,23,24,26). The smallest absolute Gasteiger partial charge is 0.231 e. The highest BCUT2D eigenvalue weighted by Crippen LogP contribution is 2.36. The molecular weight excluding hydrogens is 364 g/mol. The molecule has 0 fully saturated rings. The monoisotopic (exact) mass is 382 g/mol. The lowest BCUT2D eigenvalue weighted by molar-refractivity contribution is -0.118. The Bertz CT molecular complexity index is 1180. The number of rotatable bonds is 3. The van der Waals surface area contributed by atoms with E-state index in [1.54, 1.807) is 22.0 Å². The fraction of sp³-hybridized carbons (Fsp3) is 0.0909. The van der Waals surface area contributed by atoms with E-state index in [9.17, 15) is 4.79 Å². The molecule has 29 heavy (non-hydrogen) atoms. The molecule has 3 heterocycles. The van der Waals surface area contributed by atoms with Crippen LogP contribution in [0.4, 0.5) is 11.6 Å². The predicted molar refractivity (Wildman–Crippen MR) is 110 cm³/mol. The van der Waals surface area contributed by atoms with Crippen LogP contribution >= 0.6 is 0 Å². The van der Waals surface area contributed by atoms with Crippen LogP contribution < -0.4 is 10.6 Å². The molecule has 4 aromatic rings. The van der Waals surface area contributed by atoms with Crippen LogP contribution in [0.5, 0.6) is 0 Å². The van der Waals surface area contributed by atoms with Crippen molar-refractivity contribution >= 4 is 17.5 Å². The second-order valence-corrected chi connectivity index (χ2v) is 6.89. The van der Waals surface area contributed by atoms with Gasteiger partial charge in [-0.2, -0.15) is 5.10 Å². The number of amides is 1. The van der Waals surface area contributed by atoms with Gasteiger partial charge in [-0.1, -0.05) is 30.3 Å². The summed E-state index contributed by atoms with van der Waals surface area (Å²) in [5.74, 6) is 0.203. The highest BCUT2D eigenvalue weighted by Gasteiger charge is 2.27. The number of fused-ring (bicyclic) bond motifs is 3. The largest absolute Gasteiger partial charge is 0.368 e. The number of benzene rings is 2. The number of carbonyl (C=O) groups excluding carboxylic acids is 1. The average molecular weight is 382 g/mol. The second kappa shape index (κ2) is 6.87. The number of aromatic nitrogens is 4. The van der Waals surface area contributed by atoms with E-state index in [1.807, 2.05) is 60.8 Å². The summed E-state index contributed by atoms with van der Waals surface area (Å²) in [4.78, 5) is 23.4.